The third kappa shape index (κ3) is 4.44. The molecule has 1 aliphatic heterocycles. The molecule has 0 unspecified atom stereocenters. The summed E-state index contributed by atoms with van der Waals surface area (Å²) in [6, 6.07) is 15.6. The Morgan fingerprint density at radius 1 is 0.786 bits per heavy atom. The zero-order chi connectivity index (χ0) is 20.3. The second kappa shape index (κ2) is 8.17. The molecule has 1 fully saturated rings. The van der Waals surface area contributed by atoms with Gasteiger partial charge in [0.05, 0.1) is 0 Å². The fourth-order valence-electron chi connectivity index (χ4n) is 3.60. The lowest BCUT2D eigenvalue weighted by Crippen LogP contribution is -2.37. The first kappa shape index (κ1) is 20.1. The molecule has 0 bridgehead atoms. The number of carbonyl (C=O) groups is 2. The highest BCUT2D eigenvalue weighted by atomic mass is 16.2. The smallest absolute Gasteiger partial charge is 0.254 e. The average Bonchev–Trinajstić information content (AvgIpc) is 2.93. The molecule has 3 rings (SSSR count). The molecule has 148 valence electrons. The summed E-state index contributed by atoms with van der Waals surface area (Å²) in [6.07, 6.45) is 0.795. The number of rotatable bonds is 2. The van der Waals surface area contributed by atoms with E-state index in [0.29, 0.717) is 31.7 Å². The normalized spacial score (nSPS) is 15.3. The van der Waals surface area contributed by atoms with Crippen LogP contribution < -0.4 is 0 Å². The van der Waals surface area contributed by atoms with Crippen LogP contribution in [0, 0.1) is 6.92 Å². The molecule has 4 nitrogen and oxygen atoms in total. The van der Waals surface area contributed by atoms with Crippen LogP contribution in [-0.2, 0) is 5.41 Å². The van der Waals surface area contributed by atoms with E-state index in [-0.39, 0.29) is 17.2 Å². The molecule has 0 aliphatic carbocycles. The minimum Gasteiger partial charge on any atom is -0.337 e. The van der Waals surface area contributed by atoms with Crippen molar-refractivity contribution in [3.05, 3.63) is 70.8 Å². The minimum absolute atomic E-state index is 0.0469. The maximum absolute atomic E-state index is 12.9. The van der Waals surface area contributed by atoms with Gasteiger partial charge in [0.2, 0.25) is 0 Å². The molecule has 4 heteroatoms. The number of carbonyl (C=O) groups excluding carboxylic acids is 2. The van der Waals surface area contributed by atoms with Crippen LogP contribution in [0.25, 0.3) is 0 Å². The van der Waals surface area contributed by atoms with Gasteiger partial charge in [0.1, 0.15) is 0 Å². The molecular weight excluding hydrogens is 348 g/mol. The van der Waals surface area contributed by atoms with Gasteiger partial charge in [0, 0.05) is 37.3 Å². The molecule has 0 radical (unpaired) electrons. The van der Waals surface area contributed by atoms with Crippen molar-refractivity contribution >= 4 is 11.8 Å². The SMILES string of the molecule is Cc1ccccc1C(=O)N1CCCN(C(=O)c2ccc(C(C)(C)C)cc2)CC1. The molecule has 0 spiro atoms. The highest BCUT2D eigenvalue weighted by molar-refractivity contribution is 5.96. The summed E-state index contributed by atoms with van der Waals surface area (Å²) in [6.45, 7) is 11.0. The Bertz CT molecular complexity index is 850. The van der Waals surface area contributed by atoms with Crippen molar-refractivity contribution in [1.82, 2.24) is 9.80 Å². The van der Waals surface area contributed by atoms with E-state index in [4.69, 9.17) is 0 Å². The van der Waals surface area contributed by atoms with Crippen molar-refractivity contribution < 1.29 is 9.59 Å². The van der Waals surface area contributed by atoms with Crippen molar-refractivity contribution in [2.24, 2.45) is 0 Å². The van der Waals surface area contributed by atoms with Gasteiger partial charge in [-0.05, 0) is 48.1 Å². The highest BCUT2D eigenvalue weighted by Gasteiger charge is 2.24. The Labute approximate surface area is 168 Å². The van der Waals surface area contributed by atoms with E-state index >= 15 is 0 Å². The molecular formula is C24H30N2O2. The van der Waals surface area contributed by atoms with E-state index in [0.717, 1.165) is 17.5 Å². The van der Waals surface area contributed by atoms with E-state index in [9.17, 15) is 9.59 Å². The van der Waals surface area contributed by atoms with Crippen LogP contribution in [0.15, 0.2) is 48.5 Å². The third-order valence-electron chi connectivity index (χ3n) is 5.44. The number of nitrogens with zero attached hydrogens (tertiary/aromatic N) is 2. The van der Waals surface area contributed by atoms with Gasteiger partial charge >= 0.3 is 0 Å². The van der Waals surface area contributed by atoms with Crippen molar-refractivity contribution in [2.45, 2.75) is 39.5 Å². The number of hydrogen-bond acceptors (Lipinski definition) is 2. The Morgan fingerprint density at radius 3 is 1.93 bits per heavy atom. The largest absolute Gasteiger partial charge is 0.337 e. The zero-order valence-electron chi connectivity index (χ0n) is 17.4. The van der Waals surface area contributed by atoms with Crippen molar-refractivity contribution in [2.75, 3.05) is 26.2 Å². The van der Waals surface area contributed by atoms with Crippen LogP contribution >= 0.6 is 0 Å². The standard InChI is InChI=1S/C24H30N2O2/c1-18-8-5-6-9-21(18)23(28)26-15-7-14-25(16-17-26)22(27)19-10-12-20(13-11-19)24(2,3)4/h5-6,8-13H,7,14-17H2,1-4H3. The zero-order valence-corrected chi connectivity index (χ0v) is 17.4. The highest BCUT2D eigenvalue weighted by Crippen LogP contribution is 2.23. The average molecular weight is 379 g/mol. The van der Waals surface area contributed by atoms with Gasteiger partial charge in [-0.15, -0.1) is 0 Å². The van der Waals surface area contributed by atoms with Crippen LogP contribution in [0.3, 0.4) is 0 Å². The van der Waals surface area contributed by atoms with Crippen molar-refractivity contribution in [3.8, 4) is 0 Å². The summed E-state index contributed by atoms with van der Waals surface area (Å²) in [5.41, 5.74) is 3.74. The second-order valence-corrected chi connectivity index (χ2v) is 8.58. The predicted octanol–water partition coefficient (Wildman–Crippen LogP) is 4.28. The fraction of sp³-hybridized carbons (Fsp3) is 0.417. The Hall–Kier alpha value is -2.62. The van der Waals surface area contributed by atoms with Crippen molar-refractivity contribution in [1.29, 1.82) is 0 Å². The van der Waals surface area contributed by atoms with Gasteiger partial charge in [-0.3, -0.25) is 9.59 Å². The van der Waals surface area contributed by atoms with Crippen LogP contribution in [0.1, 0.15) is 59.0 Å². The summed E-state index contributed by atoms with van der Waals surface area (Å²) in [7, 11) is 0. The summed E-state index contributed by atoms with van der Waals surface area (Å²) in [5, 5.41) is 0. The molecule has 2 amide bonds. The van der Waals surface area contributed by atoms with Gasteiger partial charge in [-0.25, -0.2) is 0 Å². The van der Waals surface area contributed by atoms with Crippen LogP contribution in [0.2, 0.25) is 0 Å². The molecule has 0 atom stereocenters. The molecule has 2 aromatic carbocycles. The topological polar surface area (TPSA) is 40.6 Å². The van der Waals surface area contributed by atoms with E-state index < -0.39 is 0 Å². The summed E-state index contributed by atoms with van der Waals surface area (Å²) >= 11 is 0. The lowest BCUT2D eigenvalue weighted by molar-refractivity contribution is 0.0718. The molecule has 0 aromatic heterocycles. The monoisotopic (exact) mass is 378 g/mol. The van der Waals surface area contributed by atoms with Gasteiger partial charge < -0.3 is 9.80 Å². The van der Waals surface area contributed by atoms with E-state index in [2.05, 4.69) is 20.8 Å². The van der Waals surface area contributed by atoms with Gasteiger partial charge in [0.25, 0.3) is 11.8 Å². The van der Waals surface area contributed by atoms with E-state index in [1.165, 1.54) is 5.56 Å². The van der Waals surface area contributed by atoms with Crippen LogP contribution in [-0.4, -0.2) is 47.8 Å². The number of hydrogen-bond donors (Lipinski definition) is 0. The first-order valence-corrected chi connectivity index (χ1v) is 10.0. The molecule has 0 N–H and O–H groups in total. The van der Waals surface area contributed by atoms with E-state index in [1.807, 2.05) is 65.3 Å². The van der Waals surface area contributed by atoms with Crippen LogP contribution in [0.5, 0.6) is 0 Å². The summed E-state index contributed by atoms with van der Waals surface area (Å²) in [5.74, 6) is 0.104. The van der Waals surface area contributed by atoms with Gasteiger partial charge in [0.15, 0.2) is 0 Å². The van der Waals surface area contributed by atoms with Crippen LogP contribution in [0.4, 0.5) is 0 Å². The Kier molecular flexibility index (Phi) is 5.87. The van der Waals surface area contributed by atoms with Gasteiger partial charge in [-0.2, -0.15) is 0 Å². The van der Waals surface area contributed by atoms with E-state index in [1.54, 1.807) is 0 Å². The molecule has 28 heavy (non-hydrogen) atoms. The molecule has 1 aliphatic rings. The number of benzene rings is 2. The van der Waals surface area contributed by atoms with Gasteiger partial charge in [-0.1, -0.05) is 51.1 Å². The lowest BCUT2D eigenvalue weighted by Gasteiger charge is -2.23. The van der Waals surface area contributed by atoms with Crippen molar-refractivity contribution in [3.63, 3.8) is 0 Å². The Balaban J connectivity index is 1.67. The Morgan fingerprint density at radius 2 is 1.36 bits per heavy atom. The maximum atomic E-state index is 12.9. The molecule has 0 saturated carbocycles. The number of amides is 2. The summed E-state index contributed by atoms with van der Waals surface area (Å²) in [4.78, 5) is 29.6. The summed E-state index contributed by atoms with van der Waals surface area (Å²) < 4.78 is 0. The second-order valence-electron chi connectivity index (χ2n) is 8.58. The predicted molar refractivity (Wildman–Crippen MR) is 113 cm³/mol. The first-order valence-electron chi connectivity index (χ1n) is 10.0. The quantitative estimate of drug-likeness (QED) is 0.782. The molecule has 2 aromatic rings. The fourth-order valence-corrected chi connectivity index (χ4v) is 3.60. The first-order chi connectivity index (χ1) is 13.3. The maximum Gasteiger partial charge on any atom is 0.254 e. The minimum atomic E-state index is 0.0469. The third-order valence-corrected chi connectivity index (χ3v) is 5.44. The molecule has 1 heterocycles. The molecule has 1 saturated heterocycles. The number of aryl methyl sites for hydroxylation is 1. The lowest BCUT2D eigenvalue weighted by atomic mass is 9.86.